The van der Waals surface area contributed by atoms with Gasteiger partial charge in [-0.1, -0.05) is 6.07 Å². The zero-order chi connectivity index (χ0) is 19.9. The SMILES string of the molecule is COc1ccc(C(CNC(=O)[C@@H]2CC[C@H](CN)O2)N2CCOCC2)cc1OC.Cl.Cl. The lowest BCUT2D eigenvalue weighted by Crippen LogP contribution is -2.45. The molecular formula is C20H33Cl2N3O5. The van der Waals surface area contributed by atoms with Gasteiger partial charge in [-0.25, -0.2) is 0 Å². The number of hydrogen-bond donors (Lipinski definition) is 2. The Labute approximate surface area is 190 Å². The Morgan fingerprint density at radius 2 is 1.90 bits per heavy atom. The molecule has 0 saturated carbocycles. The highest BCUT2D eigenvalue weighted by Gasteiger charge is 2.31. The highest BCUT2D eigenvalue weighted by atomic mass is 35.5. The molecule has 1 unspecified atom stereocenters. The molecule has 2 fully saturated rings. The van der Waals surface area contributed by atoms with Crippen molar-refractivity contribution in [3.63, 3.8) is 0 Å². The third-order valence-electron chi connectivity index (χ3n) is 5.41. The van der Waals surface area contributed by atoms with Crippen LogP contribution in [-0.2, 0) is 14.3 Å². The summed E-state index contributed by atoms with van der Waals surface area (Å²) >= 11 is 0. The van der Waals surface area contributed by atoms with Crippen molar-refractivity contribution in [1.29, 1.82) is 0 Å². The quantitative estimate of drug-likeness (QED) is 0.600. The first-order valence-corrected chi connectivity index (χ1v) is 9.83. The number of nitrogens with zero attached hydrogens (tertiary/aromatic N) is 1. The number of rotatable bonds is 8. The summed E-state index contributed by atoms with van der Waals surface area (Å²) in [6.07, 6.45) is 1.12. The minimum atomic E-state index is -0.413. The Bertz CT molecular complexity index is 661. The Kier molecular flexibility index (Phi) is 11.8. The van der Waals surface area contributed by atoms with E-state index >= 15 is 0 Å². The monoisotopic (exact) mass is 465 g/mol. The number of morpholine rings is 1. The Morgan fingerprint density at radius 3 is 2.50 bits per heavy atom. The number of nitrogens with two attached hydrogens (primary N) is 1. The van der Waals surface area contributed by atoms with Crippen molar-refractivity contribution in [2.24, 2.45) is 5.73 Å². The molecule has 0 spiro atoms. The van der Waals surface area contributed by atoms with Gasteiger partial charge in [0.25, 0.3) is 0 Å². The van der Waals surface area contributed by atoms with Crippen LogP contribution < -0.4 is 20.5 Å². The topological polar surface area (TPSA) is 95.3 Å². The second-order valence-electron chi connectivity index (χ2n) is 7.08. The summed E-state index contributed by atoms with van der Waals surface area (Å²) < 4.78 is 22.0. The van der Waals surface area contributed by atoms with Crippen LogP contribution in [0.4, 0.5) is 0 Å². The molecule has 0 bridgehead atoms. The van der Waals surface area contributed by atoms with Crippen LogP contribution in [-0.4, -0.2) is 76.6 Å². The number of nitrogens with one attached hydrogen (secondary N) is 1. The summed E-state index contributed by atoms with van der Waals surface area (Å²) in [5.41, 5.74) is 6.71. The van der Waals surface area contributed by atoms with Crippen molar-refractivity contribution in [1.82, 2.24) is 10.2 Å². The van der Waals surface area contributed by atoms with Gasteiger partial charge in [-0.2, -0.15) is 0 Å². The fraction of sp³-hybridized carbons (Fsp3) is 0.650. The van der Waals surface area contributed by atoms with Crippen LogP contribution in [0.5, 0.6) is 11.5 Å². The molecule has 2 aliphatic heterocycles. The Morgan fingerprint density at radius 1 is 1.20 bits per heavy atom. The van der Waals surface area contributed by atoms with E-state index in [1.165, 1.54) is 0 Å². The van der Waals surface area contributed by atoms with Crippen molar-refractivity contribution in [3.05, 3.63) is 23.8 Å². The van der Waals surface area contributed by atoms with E-state index in [9.17, 15) is 4.79 Å². The van der Waals surface area contributed by atoms with Gasteiger partial charge in [-0.3, -0.25) is 9.69 Å². The molecule has 1 aromatic rings. The van der Waals surface area contributed by atoms with Gasteiger partial charge in [0.2, 0.25) is 5.91 Å². The zero-order valence-corrected chi connectivity index (χ0v) is 19.1. The molecule has 3 atom stereocenters. The summed E-state index contributed by atoms with van der Waals surface area (Å²) in [4.78, 5) is 14.9. The van der Waals surface area contributed by atoms with Crippen LogP contribution >= 0.6 is 24.8 Å². The summed E-state index contributed by atoms with van der Waals surface area (Å²) in [5.74, 6) is 1.28. The van der Waals surface area contributed by atoms with E-state index < -0.39 is 6.10 Å². The number of ether oxygens (including phenoxy) is 4. The average molecular weight is 466 g/mol. The van der Waals surface area contributed by atoms with Crippen LogP contribution in [0, 0.1) is 0 Å². The van der Waals surface area contributed by atoms with Gasteiger partial charge in [0.05, 0.1) is 39.6 Å². The Hall–Kier alpha value is -1.29. The standard InChI is InChI=1S/C20H31N3O5.2ClH/c1-25-17-5-3-14(11-19(17)26-2)16(23-7-9-27-10-8-23)13-22-20(24)18-6-4-15(12-21)28-18;;/h3,5,11,15-16,18H,4,6-10,12-13,21H2,1-2H3,(H,22,24);2*1H/t15-,16?,18+;;/m1../s1. The van der Waals surface area contributed by atoms with Crippen molar-refractivity contribution in [2.45, 2.75) is 31.1 Å². The summed E-state index contributed by atoms with van der Waals surface area (Å²) in [7, 11) is 3.24. The maximum atomic E-state index is 12.6. The number of methoxy groups -OCH3 is 2. The molecule has 10 heteroatoms. The molecule has 0 radical (unpaired) electrons. The van der Waals surface area contributed by atoms with Gasteiger partial charge < -0.3 is 30.0 Å². The second kappa shape index (κ2) is 13.2. The van der Waals surface area contributed by atoms with Crippen LogP contribution in [0.1, 0.15) is 24.4 Å². The normalized spacial score (nSPS) is 22.4. The van der Waals surface area contributed by atoms with Crippen molar-refractivity contribution < 1.29 is 23.7 Å². The third-order valence-corrected chi connectivity index (χ3v) is 5.41. The van der Waals surface area contributed by atoms with Crippen molar-refractivity contribution in [2.75, 3.05) is 53.6 Å². The number of carbonyl (C=O) groups excluding carboxylic acids is 1. The van der Waals surface area contributed by atoms with E-state index in [2.05, 4.69) is 10.2 Å². The van der Waals surface area contributed by atoms with E-state index in [1.807, 2.05) is 18.2 Å². The number of halogens is 2. The molecule has 2 aliphatic rings. The Balaban J connectivity index is 0.00000225. The maximum Gasteiger partial charge on any atom is 0.249 e. The fourth-order valence-corrected chi connectivity index (χ4v) is 3.79. The van der Waals surface area contributed by atoms with Crippen molar-refractivity contribution >= 4 is 30.7 Å². The first-order chi connectivity index (χ1) is 13.7. The molecule has 30 heavy (non-hydrogen) atoms. The highest BCUT2D eigenvalue weighted by molar-refractivity contribution is 5.85. The first kappa shape index (κ1) is 26.7. The van der Waals surface area contributed by atoms with Crippen molar-refractivity contribution in [3.8, 4) is 11.5 Å². The maximum absolute atomic E-state index is 12.6. The summed E-state index contributed by atoms with van der Waals surface area (Å²) in [5, 5.41) is 3.07. The number of carbonyl (C=O) groups is 1. The molecule has 1 aromatic carbocycles. The van der Waals surface area contributed by atoms with Crippen LogP contribution in [0.25, 0.3) is 0 Å². The van der Waals surface area contributed by atoms with E-state index in [4.69, 9.17) is 24.7 Å². The summed E-state index contributed by atoms with van der Waals surface area (Å²) in [6, 6.07) is 5.90. The molecule has 1 amide bonds. The average Bonchev–Trinajstić information content (AvgIpc) is 3.24. The van der Waals surface area contributed by atoms with Gasteiger partial charge in [0, 0.05) is 26.2 Å². The van der Waals surface area contributed by atoms with Gasteiger partial charge in [0.1, 0.15) is 6.10 Å². The summed E-state index contributed by atoms with van der Waals surface area (Å²) in [6.45, 7) is 3.92. The van der Waals surface area contributed by atoms with E-state index in [0.717, 1.165) is 25.1 Å². The van der Waals surface area contributed by atoms with Crippen LogP contribution in [0.2, 0.25) is 0 Å². The van der Waals surface area contributed by atoms with E-state index in [0.29, 0.717) is 44.2 Å². The van der Waals surface area contributed by atoms with Crippen LogP contribution in [0.15, 0.2) is 18.2 Å². The zero-order valence-electron chi connectivity index (χ0n) is 17.5. The third kappa shape index (κ3) is 6.60. The number of hydrogen-bond acceptors (Lipinski definition) is 7. The molecule has 0 aromatic heterocycles. The molecule has 3 N–H and O–H groups in total. The first-order valence-electron chi connectivity index (χ1n) is 9.83. The lowest BCUT2D eigenvalue weighted by molar-refractivity contribution is -0.132. The smallest absolute Gasteiger partial charge is 0.249 e. The van der Waals surface area contributed by atoms with E-state index in [1.54, 1.807) is 14.2 Å². The predicted octanol–water partition coefficient (Wildman–Crippen LogP) is 1.54. The molecule has 2 heterocycles. The molecular weight excluding hydrogens is 433 g/mol. The minimum Gasteiger partial charge on any atom is -0.493 e. The molecule has 3 rings (SSSR count). The lowest BCUT2D eigenvalue weighted by Gasteiger charge is -2.35. The number of benzene rings is 1. The largest absolute Gasteiger partial charge is 0.493 e. The second-order valence-corrected chi connectivity index (χ2v) is 7.08. The molecule has 8 nitrogen and oxygen atoms in total. The fourth-order valence-electron chi connectivity index (χ4n) is 3.79. The van der Waals surface area contributed by atoms with Gasteiger partial charge in [-0.15, -0.1) is 24.8 Å². The lowest BCUT2D eigenvalue weighted by atomic mass is 10.0. The van der Waals surface area contributed by atoms with Gasteiger partial charge in [0.15, 0.2) is 11.5 Å². The highest BCUT2D eigenvalue weighted by Crippen LogP contribution is 2.32. The van der Waals surface area contributed by atoms with Gasteiger partial charge >= 0.3 is 0 Å². The number of amides is 1. The molecule has 0 aliphatic carbocycles. The van der Waals surface area contributed by atoms with Gasteiger partial charge in [-0.05, 0) is 30.5 Å². The van der Waals surface area contributed by atoms with Crippen LogP contribution in [0.3, 0.4) is 0 Å². The molecule has 172 valence electrons. The predicted molar refractivity (Wildman–Crippen MR) is 119 cm³/mol. The minimum absolute atomic E-state index is 0. The molecule has 2 saturated heterocycles. The van der Waals surface area contributed by atoms with E-state index in [-0.39, 0.29) is 42.9 Å².